The molecule has 0 saturated heterocycles. The maximum Gasteiger partial charge on any atom is 0.264 e. The first-order valence-electron chi connectivity index (χ1n) is 8.85. The molecule has 8 nitrogen and oxygen atoms in total. The molecule has 2 aromatic rings. The number of hydrazine groups is 1. The topological polar surface area (TPSA) is 109 Å². The summed E-state index contributed by atoms with van der Waals surface area (Å²) >= 11 is 23.4. The van der Waals surface area contributed by atoms with Crippen LogP contribution in [-0.4, -0.2) is 29.4 Å². The Kier molecular flexibility index (Phi) is 10.7. The lowest BCUT2D eigenvalue weighted by Crippen LogP contribution is -2.49. The lowest BCUT2D eigenvalue weighted by Gasteiger charge is -2.12. The van der Waals surface area contributed by atoms with Crippen LogP contribution in [0, 0.1) is 0 Å². The largest absolute Gasteiger partial charge is 0.483 e. The van der Waals surface area contributed by atoms with E-state index in [0.717, 1.165) is 4.47 Å². The summed E-state index contributed by atoms with van der Waals surface area (Å²) in [5, 5.41) is 5.54. The summed E-state index contributed by atoms with van der Waals surface area (Å²) in [6, 6.07) is 9.87. The summed E-state index contributed by atoms with van der Waals surface area (Å²) in [6.45, 7) is -0.288. The number of nitrogens with one attached hydrogen (secondary N) is 4. The van der Waals surface area contributed by atoms with Gasteiger partial charge in [0.05, 0.1) is 15.2 Å². The molecule has 0 spiro atoms. The van der Waals surface area contributed by atoms with Gasteiger partial charge >= 0.3 is 0 Å². The van der Waals surface area contributed by atoms with Crippen LogP contribution in [0.1, 0.15) is 12.8 Å². The number of benzene rings is 2. The first kappa shape index (κ1) is 26.3. The van der Waals surface area contributed by atoms with Crippen LogP contribution in [0.5, 0.6) is 5.75 Å². The van der Waals surface area contributed by atoms with Crippen molar-refractivity contribution in [2.45, 2.75) is 12.8 Å². The van der Waals surface area contributed by atoms with Crippen LogP contribution in [0.15, 0.2) is 45.3 Å². The van der Waals surface area contributed by atoms with Crippen molar-refractivity contribution >= 4 is 95.8 Å². The van der Waals surface area contributed by atoms with Crippen LogP contribution in [0.4, 0.5) is 5.69 Å². The van der Waals surface area contributed by atoms with Crippen LogP contribution in [0.25, 0.3) is 0 Å². The number of halogens is 4. The highest BCUT2D eigenvalue weighted by Gasteiger charge is 2.11. The second-order valence-electron chi connectivity index (χ2n) is 6.09. The number of ether oxygens (including phenoxy) is 1. The van der Waals surface area contributed by atoms with Gasteiger partial charge in [-0.3, -0.25) is 30.6 Å². The van der Waals surface area contributed by atoms with Crippen molar-refractivity contribution in [1.82, 2.24) is 16.2 Å². The molecule has 0 aromatic heterocycles. The van der Waals surface area contributed by atoms with Gasteiger partial charge in [-0.15, -0.1) is 0 Å². The molecule has 2 aromatic carbocycles. The Balaban J connectivity index is 1.65. The predicted octanol–water partition coefficient (Wildman–Crippen LogP) is 4.34. The van der Waals surface area contributed by atoms with Gasteiger partial charge in [0, 0.05) is 22.3 Å². The maximum absolute atomic E-state index is 12.0. The summed E-state index contributed by atoms with van der Waals surface area (Å²) in [5.74, 6) is -0.954. The van der Waals surface area contributed by atoms with E-state index >= 15 is 0 Å². The molecule has 0 fully saturated rings. The van der Waals surface area contributed by atoms with Gasteiger partial charge in [-0.25, -0.2) is 0 Å². The van der Waals surface area contributed by atoms with Crippen molar-refractivity contribution < 1.29 is 19.1 Å². The van der Waals surface area contributed by atoms with Crippen molar-refractivity contribution in [3.05, 3.63) is 55.4 Å². The summed E-state index contributed by atoms with van der Waals surface area (Å²) in [5.41, 5.74) is 5.06. The smallest absolute Gasteiger partial charge is 0.264 e. The Bertz CT molecular complexity index is 1040. The van der Waals surface area contributed by atoms with Gasteiger partial charge in [0.1, 0.15) is 5.75 Å². The second-order valence-corrected chi connectivity index (χ2v) is 9.11. The van der Waals surface area contributed by atoms with Gasteiger partial charge in [0.2, 0.25) is 11.8 Å². The van der Waals surface area contributed by atoms with E-state index < -0.39 is 17.7 Å². The van der Waals surface area contributed by atoms with E-state index in [1.807, 2.05) is 0 Å². The van der Waals surface area contributed by atoms with Gasteiger partial charge in [-0.2, -0.15) is 0 Å². The standard InChI is InChI=1S/C19H16Br2Cl2N4O4S/c20-10-1-4-15(12(21)7-10)31-9-18(30)25-19(32)27-26-17(29)6-5-16(28)24-14-3-2-11(22)8-13(14)23/h1-4,7-8H,5-6,9H2,(H,24,28)(H,26,29)(H2,25,27,30,32). The van der Waals surface area contributed by atoms with E-state index in [9.17, 15) is 14.4 Å². The van der Waals surface area contributed by atoms with E-state index in [-0.39, 0.29) is 29.6 Å². The molecule has 0 aliphatic heterocycles. The minimum Gasteiger partial charge on any atom is -0.483 e. The third kappa shape index (κ3) is 9.29. The van der Waals surface area contributed by atoms with E-state index in [0.29, 0.717) is 20.9 Å². The van der Waals surface area contributed by atoms with Crippen molar-refractivity contribution in [3.8, 4) is 5.75 Å². The fourth-order valence-corrected chi connectivity index (χ4v) is 3.93. The van der Waals surface area contributed by atoms with Gasteiger partial charge in [0.15, 0.2) is 11.7 Å². The van der Waals surface area contributed by atoms with Crippen molar-refractivity contribution in [2.75, 3.05) is 11.9 Å². The van der Waals surface area contributed by atoms with E-state index in [2.05, 4.69) is 53.3 Å². The molecule has 4 N–H and O–H groups in total. The molecule has 3 amide bonds. The number of hydrogen-bond acceptors (Lipinski definition) is 5. The molecular formula is C19H16Br2Cl2N4O4S. The van der Waals surface area contributed by atoms with Crippen LogP contribution in [-0.2, 0) is 14.4 Å². The molecule has 0 unspecified atom stereocenters. The van der Waals surface area contributed by atoms with Crippen molar-refractivity contribution in [1.29, 1.82) is 0 Å². The fourth-order valence-electron chi connectivity index (χ4n) is 2.15. The highest BCUT2D eigenvalue weighted by atomic mass is 79.9. The SMILES string of the molecule is O=C(CCC(=O)Nc1ccc(Cl)cc1Cl)NNC(=S)NC(=O)COc1ccc(Br)cc1Br. The molecule has 32 heavy (non-hydrogen) atoms. The zero-order chi connectivity index (χ0) is 23.7. The molecular weight excluding hydrogens is 611 g/mol. The Hall–Kier alpha value is -1.92. The Morgan fingerprint density at radius 2 is 1.66 bits per heavy atom. The van der Waals surface area contributed by atoms with E-state index in [1.54, 1.807) is 30.3 Å². The minimum absolute atomic E-state index is 0.0957. The zero-order valence-corrected chi connectivity index (χ0v) is 21.6. The van der Waals surface area contributed by atoms with Crippen LogP contribution < -0.4 is 26.2 Å². The number of carbonyl (C=O) groups excluding carboxylic acids is 3. The summed E-state index contributed by atoms with van der Waals surface area (Å²) in [6.07, 6.45) is -0.219. The predicted molar refractivity (Wildman–Crippen MR) is 134 cm³/mol. The van der Waals surface area contributed by atoms with Gasteiger partial charge < -0.3 is 10.1 Å². The number of amides is 3. The number of rotatable bonds is 7. The molecule has 0 heterocycles. The summed E-state index contributed by atoms with van der Waals surface area (Å²) in [7, 11) is 0. The molecule has 13 heteroatoms. The number of carbonyl (C=O) groups is 3. The Morgan fingerprint density at radius 3 is 2.34 bits per heavy atom. The third-order valence-corrected chi connectivity index (χ3v) is 5.47. The highest BCUT2D eigenvalue weighted by molar-refractivity contribution is 9.11. The van der Waals surface area contributed by atoms with Crippen molar-refractivity contribution in [2.24, 2.45) is 0 Å². The molecule has 0 radical (unpaired) electrons. The molecule has 170 valence electrons. The molecule has 0 aliphatic carbocycles. The molecule has 0 saturated carbocycles. The lowest BCUT2D eigenvalue weighted by atomic mass is 10.2. The maximum atomic E-state index is 12.0. The quantitative estimate of drug-likeness (QED) is 0.269. The number of anilines is 1. The van der Waals surface area contributed by atoms with Crippen LogP contribution in [0.2, 0.25) is 10.0 Å². The van der Waals surface area contributed by atoms with Crippen molar-refractivity contribution in [3.63, 3.8) is 0 Å². The molecule has 2 rings (SSSR count). The van der Waals surface area contributed by atoms with Gasteiger partial charge in [-0.05, 0) is 64.5 Å². The summed E-state index contributed by atoms with van der Waals surface area (Å²) < 4.78 is 6.92. The van der Waals surface area contributed by atoms with Crippen LogP contribution in [0.3, 0.4) is 0 Å². The van der Waals surface area contributed by atoms with E-state index in [4.69, 9.17) is 40.2 Å². The zero-order valence-electron chi connectivity index (χ0n) is 16.1. The molecule has 0 bridgehead atoms. The third-order valence-electron chi connectivity index (χ3n) is 3.61. The fraction of sp³-hybridized carbons (Fsp3) is 0.158. The summed E-state index contributed by atoms with van der Waals surface area (Å²) in [4.78, 5) is 35.8. The van der Waals surface area contributed by atoms with Crippen LogP contribution >= 0.6 is 67.3 Å². The first-order valence-corrected chi connectivity index (χ1v) is 11.6. The number of hydrogen-bond donors (Lipinski definition) is 4. The highest BCUT2D eigenvalue weighted by Crippen LogP contribution is 2.28. The monoisotopic (exact) mass is 624 g/mol. The Morgan fingerprint density at radius 1 is 0.938 bits per heavy atom. The second kappa shape index (κ2) is 12.9. The van der Waals surface area contributed by atoms with E-state index in [1.165, 1.54) is 6.07 Å². The Labute approximate surface area is 216 Å². The average Bonchev–Trinajstić information content (AvgIpc) is 2.72. The number of thiocarbonyl (C=S) groups is 1. The van der Waals surface area contributed by atoms with Gasteiger partial charge in [-0.1, -0.05) is 39.1 Å². The normalized spacial score (nSPS) is 10.1. The average molecular weight is 627 g/mol. The molecule has 0 aliphatic rings. The minimum atomic E-state index is -0.522. The molecule has 0 atom stereocenters. The lowest BCUT2D eigenvalue weighted by molar-refractivity contribution is -0.125. The van der Waals surface area contributed by atoms with Gasteiger partial charge in [0.25, 0.3) is 5.91 Å². The first-order chi connectivity index (χ1) is 15.1.